The zero-order valence-electron chi connectivity index (χ0n) is 13.5. The molecule has 1 rings (SSSR count). The molecule has 22 heavy (non-hydrogen) atoms. The van der Waals surface area contributed by atoms with Crippen LogP contribution in [-0.4, -0.2) is 31.5 Å². The lowest BCUT2D eigenvalue weighted by molar-refractivity contribution is 0.103. The number of carbonyl (C=O) groups excluding carboxylic acids is 2. The van der Waals surface area contributed by atoms with Crippen molar-refractivity contribution in [2.24, 2.45) is 0 Å². The number of hydrogen-bond acceptors (Lipinski definition) is 5. The van der Waals surface area contributed by atoms with Crippen LogP contribution in [0.25, 0.3) is 0 Å². The SMILES string of the molecule is COc1ccc(N(NC(=O)OC(C)C)C(=O)OC(C)C)cc1. The van der Waals surface area contributed by atoms with E-state index >= 15 is 0 Å². The maximum absolute atomic E-state index is 12.1. The van der Waals surface area contributed by atoms with E-state index in [-0.39, 0.29) is 12.2 Å². The van der Waals surface area contributed by atoms with Crippen molar-refractivity contribution in [2.75, 3.05) is 12.1 Å². The zero-order valence-corrected chi connectivity index (χ0v) is 13.5. The molecule has 0 saturated carbocycles. The molecule has 1 aromatic rings. The van der Waals surface area contributed by atoms with E-state index in [0.717, 1.165) is 5.01 Å². The van der Waals surface area contributed by atoms with Crippen LogP contribution >= 0.6 is 0 Å². The third-order valence-corrected chi connectivity index (χ3v) is 2.40. The van der Waals surface area contributed by atoms with Crippen molar-refractivity contribution in [3.63, 3.8) is 0 Å². The van der Waals surface area contributed by atoms with Gasteiger partial charge in [-0.25, -0.2) is 15.0 Å². The summed E-state index contributed by atoms with van der Waals surface area (Å²) in [6.45, 7) is 6.86. The van der Waals surface area contributed by atoms with Crippen LogP contribution in [0.5, 0.6) is 5.75 Å². The lowest BCUT2D eigenvalue weighted by Gasteiger charge is -2.24. The van der Waals surface area contributed by atoms with Crippen LogP contribution in [-0.2, 0) is 9.47 Å². The molecule has 1 N–H and O–H groups in total. The molecule has 0 atom stereocenters. The maximum atomic E-state index is 12.1. The lowest BCUT2D eigenvalue weighted by atomic mass is 10.3. The van der Waals surface area contributed by atoms with Gasteiger partial charge in [-0.2, -0.15) is 5.01 Å². The van der Waals surface area contributed by atoms with E-state index in [1.807, 2.05) is 0 Å². The summed E-state index contributed by atoms with van der Waals surface area (Å²) in [6, 6.07) is 6.58. The predicted octanol–water partition coefficient (Wildman–Crippen LogP) is 3.10. The number of hydrogen-bond donors (Lipinski definition) is 1. The summed E-state index contributed by atoms with van der Waals surface area (Å²) < 4.78 is 15.2. The molecule has 0 fully saturated rings. The Labute approximate surface area is 130 Å². The quantitative estimate of drug-likeness (QED) is 0.865. The van der Waals surface area contributed by atoms with Gasteiger partial charge in [-0.1, -0.05) is 0 Å². The van der Waals surface area contributed by atoms with E-state index in [1.165, 1.54) is 7.11 Å². The number of nitrogens with one attached hydrogen (secondary N) is 1. The van der Waals surface area contributed by atoms with E-state index in [9.17, 15) is 9.59 Å². The number of amides is 2. The summed E-state index contributed by atoms with van der Waals surface area (Å²) >= 11 is 0. The molecule has 0 spiro atoms. The van der Waals surface area contributed by atoms with Crippen LogP contribution < -0.4 is 15.2 Å². The van der Waals surface area contributed by atoms with E-state index < -0.39 is 12.2 Å². The molecule has 0 aliphatic heterocycles. The Hall–Kier alpha value is -2.44. The highest BCUT2D eigenvalue weighted by atomic mass is 16.6. The van der Waals surface area contributed by atoms with Gasteiger partial charge in [0, 0.05) is 0 Å². The van der Waals surface area contributed by atoms with Gasteiger partial charge in [0.05, 0.1) is 25.0 Å². The number of nitrogens with zero attached hydrogens (tertiary/aromatic N) is 1. The number of benzene rings is 1. The summed E-state index contributed by atoms with van der Waals surface area (Å²) in [6.07, 6.45) is -2.08. The molecule has 0 aromatic heterocycles. The highest BCUT2D eigenvalue weighted by Crippen LogP contribution is 2.19. The summed E-state index contributed by atoms with van der Waals surface area (Å²) in [5, 5.41) is 0.990. The largest absolute Gasteiger partial charge is 0.497 e. The molecule has 0 aliphatic rings. The number of hydrazine groups is 1. The smallest absolute Gasteiger partial charge is 0.433 e. The van der Waals surface area contributed by atoms with E-state index in [2.05, 4.69) is 5.43 Å². The molecule has 1 aromatic carbocycles. The fourth-order valence-corrected chi connectivity index (χ4v) is 1.53. The Balaban J connectivity index is 2.93. The molecular formula is C15H22N2O5. The van der Waals surface area contributed by atoms with Crippen LogP contribution in [0, 0.1) is 0 Å². The van der Waals surface area contributed by atoms with Gasteiger partial charge in [0.25, 0.3) is 0 Å². The highest BCUT2D eigenvalue weighted by molar-refractivity contribution is 5.90. The van der Waals surface area contributed by atoms with Crippen molar-refractivity contribution in [2.45, 2.75) is 39.9 Å². The Morgan fingerprint density at radius 2 is 1.55 bits per heavy atom. The standard InChI is InChI=1S/C15H22N2O5/c1-10(2)21-14(18)16-17(15(19)22-11(3)4)12-6-8-13(20-5)9-7-12/h6-11H,1-5H3,(H,16,18). The van der Waals surface area contributed by atoms with Crippen molar-refractivity contribution in [1.29, 1.82) is 0 Å². The van der Waals surface area contributed by atoms with E-state index in [0.29, 0.717) is 11.4 Å². The third-order valence-electron chi connectivity index (χ3n) is 2.40. The van der Waals surface area contributed by atoms with Gasteiger partial charge < -0.3 is 14.2 Å². The molecule has 0 unspecified atom stereocenters. The van der Waals surface area contributed by atoms with Crippen LogP contribution in [0.2, 0.25) is 0 Å². The third kappa shape index (κ3) is 5.51. The first-order valence-electron chi connectivity index (χ1n) is 6.95. The first-order chi connectivity index (χ1) is 10.3. The molecule has 0 aliphatic carbocycles. The normalized spacial score (nSPS) is 10.3. The predicted molar refractivity (Wildman–Crippen MR) is 81.8 cm³/mol. The van der Waals surface area contributed by atoms with Crippen LogP contribution in [0.15, 0.2) is 24.3 Å². The average Bonchev–Trinajstić information content (AvgIpc) is 2.43. The minimum absolute atomic E-state index is 0.307. The maximum Gasteiger partial charge on any atom is 0.433 e. The zero-order chi connectivity index (χ0) is 16.7. The fraction of sp³-hybridized carbons (Fsp3) is 0.467. The van der Waals surface area contributed by atoms with Crippen molar-refractivity contribution in [1.82, 2.24) is 5.43 Å². The second-order valence-electron chi connectivity index (χ2n) is 5.03. The number of ether oxygens (including phenoxy) is 3. The Morgan fingerprint density at radius 1 is 1.00 bits per heavy atom. The second kappa shape index (κ2) is 8.11. The molecule has 7 heteroatoms. The van der Waals surface area contributed by atoms with Crippen molar-refractivity contribution < 1.29 is 23.8 Å². The van der Waals surface area contributed by atoms with E-state index in [1.54, 1.807) is 52.0 Å². The minimum Gasteiger partial charge on any atom is -0.497 e. The lowest BCUT2D eigenvalue weighted by Crippen LogP contribution is -2.48. The first-order valence-corrected chi connectivity index (χ1v) is 6.95. The van der Waals surface area contributed by atoms with Gasteiger partial charge in [0.1, 0.15) is 5.75 Å². The highest BCUT2D eigenvalue weighted by Gasteiger charge is 2.22. The van der Waals surface area contributed by atoms with Crippen LogP contribution in [0.3, 0.4) is 0 Å². The van der Waals surface area contributed by atoms with Gasteiger partial charge in [-0.15, -0.1) is 0 Å². The second-order valence-corrected chi connectivity index (χ2v) is 5.03. The van der Waals surface area contributed by atoms with Gasteiger partial charge in [0.2, 0.25) is 0 Å². The van der Waals surface area contributed by atoms with E-state index in [4.69, 9.17) is 14.2 Å². The molecular weight excluding hydrogens is 288 g/mol. The monoisotopic (exact) mass is 310 g/mol. The molecule has 0 heterocycles. The topological polar surface area (TPSA) is 77.1 Å². The van der Waals surface area contributed by atoms with Crippen molar-refractivity contribution >= 4 is 17.9 Å². The Bertz CT molecular complexity index is 499. The van der Waals surface area contributed by atoms with Crippen molar-refractivity contribution in [3.8, 4) is 5.75 Å². The minimum atomic E-state index is -0.744. The molecule has 122 valence electrons. The van der Waals surface area contributed by atoms with Gasteiger partial charge in [0.15, 0.2) is 0 Å². The average molecular weight is 310 g/mol. The Morgan fingerprint density at radius 3 is 2.00 bits per heavy atom. The Kier molecular flexibility index (Phi) is 6.49. The number of rotatable bonds is 4. The summed E-state index contributed by atoms with van der Waals surface area (Å²) in [7, 11) is 1.54. The molecule has 2 amide bonds. The van der Waals surface area contributed by atoms with Crippen molar-refractivity contribution in [3.05, 3.63) is 24.3 Å². The van der Waals surface area contributed by atoms with Gasteiger partial charge >= 0.3 is 12.2 Å². The summed E-state index contributed by atoms with van der Waals surface area (Å²) in [4.78, 5) is 23.9. The fourth-order valence-electron chi connectivity index (χ4n) is 1.53. The van der Waals surface area contributed by atoms with Crippen LogP contribution in [0.1, 0.15) is 27.7 Å². The molecule has 7 nitrogen and oxygen atoms in total. The van der Waals surface area contributed by atoms with Gasteiger partial charge in [-0.05, 0) is 52.0 Å². The number of carbonyl (C=O) groups is 2. The molecule has 0 radical (unpaired) electrons. The van der Waals surface area contributed by atoms with Crippen LogP contribution in [0.4, 0.5) is 15.3 Å². The molecule has 0 bridgehead atoms. The summed E-state index contributed by atoms with van der Waals surface area (Å²) in [5.74, 6) is 0.630. The summed E-state index contributed by atoms with van der Waals surface area (Å²) in [5.41, 5.74) is 2.79. The number of anilines is 1. The molecule has 0 saturated heterocycles. The first kappa shape index (κ1) is 17.6. The number of methoxy groups -OCH3 is 1. The van der Waals surface area contributed by atoms with Gasteiger partial charge in [-0.3, -0.25) is 0 Å².